The number of Topliss-reactive ketones (excluding diaryl/α,β-unsaturated/α-hetero) is 1. The molecule has 0 amide bonds. The number of nitrogens with zero attached hydrogens (tertiary/aromatic N) is 2. The molecule has 0 unspecified atom stereocenters. The van der Waals surface area contributed by atoms with Gasteiger partial charge < -0.3 is 4.74 Å². The molecule has 1 saturated carbocycles. The highest BCUT2D eigenvalue weighted by molar-refractivity contribution is 6.03. The van der Waals surface area contributed by atoms with Crippen LogP contribution in [0.1, 0.15) is 49.5 Å². The van der Waals surface area contributed by atoms with Crippen LogP contribution >= 0.6 is 0 Å². The number of ether oxygens (including phenoxy) is 1. The molecule has 1 fully saturated rings. The Bertz CT molecular complexity index is 841. The van der Waals surface area contributed by atoms with E-state index in [1.54, 1.807) is 24.3 Å². The lowest BCUT2D eigenvalue weighted by molar-refractivity contribution is -0.129. The number of benzene rings is 1. The van der Waals surface area contributed by atoms with Crippen LogP contribution in [0.15, 0.2) is 29.1 Å². The smallest absolute Gasteiger partial charge is 0.360 e. The number of aromatic nitrogens is 2. The maximum atomic E-state index is 12.6. The van der Waals surface area contributed by atoms with E-state index in [1.807, 2.05) is 6.92 Å². The molecule has 24 heavy (non-hydrogen) atoms. The van der Waals surface area contributed by atoms with Crippen molar-refractivity contribution in [2.45, 2.75) is 51.7 Å². The molecule has 3 rings (SSSR count). The highest BCUT2D eigenvalue weighted by Gasteiger charge is 2.28. The number of aryl methyl sites for hydroxylation is 1. The van der Waals surface area contributed by atoms with Crippen LogP contribution in [0.25, 0.3) is 10.8 Å². The number of carbonyl (C=O) groups is 2. The summed E-state index contributed by atoms with van der Waals surface area (Å²) in [5.74, 6) is -0.683. The van der Waals surface area contributed by atoms with Crippen molar-refractivity contribution < 1.29 is 14.3 Å². The Morgan fingerprint density at radius 3 is 2.71 bits per heavy atom. The predicted molar refractivity (Wildman–Crippen MR) is 89.0 cm³/mol. The van der Waals surface area contributed by atoms with Gasteiger partial charge in [-0.1, -0.05) is 25.1 Å². The third kappa shape index (κ3) is 3.09. The maximum absolute atomic E-state index is 12.6. The fourth-order valence-electron chi connectivity index (χ4n) is 3.01. The van der Waals surface area contributed by atoms with Gasteiger partial charge in [-0.3, -0.25) is 9.59 Å². The van der Waals surface area contributed by atoms with E-state index in [-0.39, 0.29) is 17.0 Å². The van der Waals surface area contributed by atoms with Crippen LogP contribution < -0.4 is 5.56 Å². The quantitative estimate of drug-likeness (QED) is 0.806. The minimum atomic E-state index is -0.696. The molecule has 126 valence electrons. The van der Waals surface area contributed by atoms with Gasteiger partial charge in [-0.05, 0) is 31.7 Å². The highest BCUT2D eigenvalue weighted by Crippen LogP contribution is 2.20. The lowest BCUT2D eigenvalue weighted by Gasteiger charge is -2.20. The third-order valence-corrected chi connectivity index (χ3v) is 4.24. The predicted octanol–water partition coefficient (Wildman–Crippen LogP) is 2.48. The molecule has 0 saturated heterocycles. The first-order chi connectivity index (χ1) is 11.6. The summed E-state index contributed by atoms with van der Waals surface area (Å²) in [5, 5.41) is 5.09. The molecule has 0 aliphatic heterocycles. The Morgan fingerprint density at radius 2 is 2.00 bits per heavy atom. The second kappa shape index (κ2) is 6.95. The van der Waals surface area contributed by atoms with E-state index in [9.17, 15) is 14.4 Å². The molecular formula is C18H20N2O4. The molecule has 1 heterocycles. The Balaban J connectivity index is 2.01. The first-order valence-corrected chi connectivity index (χ1v) is 8.35. The Labute approximate surface area is 139 Å². The average Bonchev–Trinajstić information content (AvgIpc) is 2.59. The normalized spacial score (nSPS) is 17.9. The fraction of sp³-hybridized carbons (Fsp3) is 0.444. The molecule has 1 atom stereocenters. The van der Waals surface area contributed by atoms with Crippen LogP contribution in [0.3, 0.4) is 0 Å². The van der Waals surface area contributed by atoms with Gasteiger partial charge in [-0.25, -0.2) is 9.48 Å². The van der Waals surface area contributed by atoms with Crippen LogP contribution in [0.5, 0.6) is 0 Å². The van der Waals surface area contributed by atoms with Crippen molar-refractivity contribution in [2.75, 3.05) is 0 Å². The van der Waals surface area contributed by atoms with Crippen LogP contribution in [0.2, 0.25) is 0 Å². The molecule has 2 aromatic rings. The highest BCUT2D eigenvalue weighted by atomic mass is 16.5. The Hall–Kier alpha value is -2.50. The lowest BCUT2D eigenvalue weighted by atomic mass is 9.96. The molecule has 1 aromatic carbocycles. The maximum Gasteiger partial charge on any atom is 0.360 e. The second-order valence-corrected chi connectivity index (χ2v) is 6.03. The number of fused-ring (bicyclic) bond motifs is 1. The molecular weight excluding hydrogens is 308 g/mol. The van der Waals surface area contributed by atoms with Gasteiger partial charge in [0.1, 0.15) is 0 Å². The summed E-state index contributed by atoms with van der Waals surface area (Å²) in [7, 11) is 0. The van der Waals surface area contributed by atoms with Crippen molar-refractivity contribution >= 4 is 22.5 Å². The van der Waals surface area contributed by atoms with Crippen molar-refractivity contribution in [1.29, 1.82) is 0 Å². The first-order valence-electron chi connectivity index (χ1n) is 8.35. The van der Waals surface area contributed by atoms with Crippen molar-refractivity contribution in [2.24, 2.45) is 0 Å². The summed E-state index contributed by atoms with van der Waals surface area (Å²) in [5.41, 5.74) is -0.130. The summed E-state index contributed by atoms with van der Waals surface area (Å²) in [6.07, 6.45) is 2.74. The van der Waals surface area contributed by atoms with Gasteiger partial charge in [0.2, 0.25) is 0 Å². The number of rotatable bonds is 4. The minimum Gasteiger partial charge on any atom is -0.450 e. The minimum absolute atomic E-state index is 0.0409. The van der Waals surface area contributed by atoms with E-state index in [2.05, 4.69) is 5.10 Å². The van der Waals surface area contributed by atoms with Crippen molar-refractivity contribution in [3.05, 3.63) is 40.3 Å². The van der Waals surface area contributed by atoms with Gasteiger partial charge >= 0.3 is 5.97 Å². The summed E-state index contributed by atoms with van der Waals surface area (Å²) in [6, 6.07) is 6.85. The molecule has 1 aliphatic carbocycles. The van der Waals surface area contributed by atoms with E-state index in [1.165, 1.54) is 4.68 Å². The van der Waals surface area contributed by atoms with Gasteiger partial charge in [0.15, 0.2) is 17.6 Å². The summed E-state index contributed by atoms with van der Waals surface area (Å²) >= 11 is 0. The van der Waals surface area contributed by atoms with E-state index < -0.39 is 12.1 Å². The van der Waals surface area contributed by atoms with Crippen LogP contribution in [0, 0.1) is 0 Å². The van der Waals surface area contributed by atoms with Gasteiger partial charge in [0.25, 0.3) is 5.56 Å². The molecule has 1 aromatic heterocycles. The SMILES string of the molecule is CCCn1nc(C(=O)O[C@H]2CCCCC2=O)c2ccccc2c1=O. The number of esters is 1. The molecule has 6 heteroatoms. The van der Waals surface area contributed by atoms with Crippen LogP contribution in [0.4, 0.5) is 0 Å². The molecule has 6 nitrogen and oxygen atoms in total. The van der Waals surface area contributed by atoms with E-state index in [0.717, 1.165) is 19.3 Å². The topological polar surface area (TPSA) is 78.3 Å². The van der Waals surface area contributed by atoms with Gasteiger partial charge in [0, 0.05) is 18.4 Å². The molecule has 0 N–H and O–H groups in total. The van der Waals surface area contributed by atoms with Crippen LogP contribution in [-0.2, 0) is 16.1 Å². The van der Waals surface area contributed by atoms with E-state index in [4.69, 9.17) is 4.74 Å². The Kier molecular flexibility index (Phi) is 4.74. The summed E-state index contributed by atoms with van der Waals surface area (Å²) < 4.78 is 6.70. The lowest BCUT2D eigenvalue weighted by Crippen LogP contribution is -2.32. The zero-order chi connectivity index (χ0) is 17.1. The van der Waals surface area contributed by atoms with E-state index in [0.29, 0.717) is 30.2 Å². The fourth-order valence-corrected chi connectivity index (χ4v) is 3.01. The number of hydrogen-bond donors (Lipinski definition) is 0. The summed E-state index contributed by atoms with van der Waals surface area (Å²) in [6.45, 7) is 2.36. The first kappa shape index (κ1) is 16.4. The van der Waals surface area contributed by atoms with Gasteiger partial charge in [-0.15, -0.1) is 0 Å². The largest absolute Gasteiger partial charge is 0.450 e. The molecule has 0 bridgehead atoms. The monoisotopic (exact) mass is 328 g/mol. The molecule has 0 radical (unpaired) electrons. The van der Waals surface area contributed by atoms with Crippen molar-refractivity contribution in [1.82, 2.24) is 9.78 Å². The number of hydrogen-bond acceptors (Lipinski definition) is 5. The van der Waals surface area contributed by atoms with Gasteiger partial charge in [-0.2, -0.15) is 5.10 Å². The van der Waals surface area contributed by atoms with E-state index >= 15 is 0 Å². The zero-order valence-electron chi connectivity index (χ0n) is 13.7. The van der Waals surface area contributed by atoms with Crippen LogP contribution in [-0.4, -0.2) is 27.6 Å². The standard InChI is InChI=1S/C18H20N2O4/c1-2-11-20-17(22)13-8-4-3-7-12(13)16(19-20)18(23)24-15-10-6-5-9-14(15)21/h3-4,7-8,15H,2,5-6,9-11H2,1H3/t15-/m0/s1. The van der Waals surface area contributed by atoms with Gasteiger partial charge in [0.05, 0.1) is 5.39 Å². The number of carbonyl (C=O) groups excluding carboxylic acids is 2. The summed E-state index contributed by atoms with van der Waals surface area (Å²) in [4.78, 5) is 36.9. The van der Waals surface area contributed by atoms with Crippen molar-refractivity contribution in [3.63, 3.8) is 0 Å². The zero-order valence-corrected chi connectivity index (χ0v) is 13.7. The molecule has 0 spiro atoms. The molecule has 1 aliphatic rings. The third-order valence-electron chi connectivity index (χ3n) is 4.24. The average molecular weight is 328 g/mol. The Morgan fingerprint density at radius 1 is 1.25 bits per heavy atom. The van der Waals surface area contributed by atoms with Crippen molar-refractivity contribution in [3.8, 4) is 0 Å². The number of ketones is 1. The second-order valence-electron chi connectivity index (χ2n) is 6.03.